The van der Waals surface area contributed by atoms with Crippen molar-refractivity contribution in [3.63, 3.8) is 0 Å². The molecule has 6 heteroatoms. The second-order valence-electron chi connectivity index (χ2n) is 13.6. The van der Waals surface area contributed by atoms with E-state index in [1.165, 1.54) is 17.7 Å². The van der Waals surface area contributed by atoms with Crippen LogP contribution in [-0.4, -0.2) is 36.3 Å². The Morgan fingerprint density at radius 3 is 2.05 bits per heavy atom. The molecule has 4 rings (SSSR count). The molecule has 5 nitrogen and oxygen atoms in total. The van der Waals surface area contributed by atoms with Crippen molar-refractivity contribution in [2.24, 2.45) is 5.41 Å². The molecule has 1 aliphatic heterocycles. The maximum atomic E-state index is 13.5. The Labute approximate surface area is 257 Å². The Hall–Kier alpha value is -3.25. The second-order valence-corrected chi connectivity index (χ2v) is 13.6. The first-order valence-electron chi connectivity index (χ1n) is 15.7. The molecule has 1 atom stereocenters. The van der Waals surface area contributed by atoms with E-state index in [4.69, 9.17) is 14.5 Å². The number of halogens is 1. The zero-order valence-electron chi connectivity index (χ0n) is 27.4. The number of benzene rings is 2. The standard InChI is InChI=1S/C37H49FN2O3/c1-9-42-35(41)34(43-36(4,5)6)32-26(3)39-25(2)31(33(32)40-23-21-37(7,8)22-24-40)29-17-13-27(14-18-29)11-10-12-28-15-19-30(38)20-16-28/h13-20,34H,9-12,21-24H2,1-8H3/t34-/m0/s1. The minimum atomic E-state index is -0.887. The Morgan fingerprint density at radius 1 is 0.953 bits per heavy atom. The summed E-state index contributed by atoms with van der Waals surface area (Å²) < 4.78 is 25.3. The van der Waals surface area contributed by atoms with Gasteiger partial charge in [0.15, 0.2) is 6.10 Å². The molecule has 0 radical (unpaired) electrons. The Kier molecular flexibility index (Phi) is 10.3. The summed E-state index contributed by atoms with van der Waals surface area (Å²) >= 11 is 0. The van der Waals surface area contributed by atoms with E-state index in [2.05, 4.69) is 49.9 Å². The van der Waals surface area contributed by atoms with E-state index < -0.39 is 11.7 Å². The van der Waals surface area contributed by atoms with Gasteiger partial charge in [0.05, 0.1) is 17.9 Å². The number of aryl methyl sites for hydroxylation is 4. The number of anilines is 1. The predicted molar refractivity (Wildman–Crippen MR) is 173 cm³/mol. The summed E-state index contributed by atoms with van der Waals surface area (Å²) in [5, 5.41) is 0. The van der Waals surface area contributed by atoms with Crippen LogP contribution in [0.2, 0.25) is 0 Å². The molecular weight excluding hydrogens is 539 g/mol. The van der Waals surface area contributed by atoms with Crippen LogP contribution in [0.4, 0.5) is 10.1 Å². The van der Waals surface area contributed by atoms with Gasteiger partial charge in [-0.25, -0.2) is 9.18 Å². The molecule has 0 unspecified atom stereocenters. The van der Waals surface area contributed by atoms with Gasteiger partial charge in [-0.1, -0.05) is 50.2 Å². The van der Waals surface area contributed by atoms with Crippen molar-refractivity contribution >= 4 is 11.7 Å². The van der Waals surface area contributed by atoms with Crippen molar-refractivity contribution in [2.75, 3.05) is 24.6 Å². The highest BCUT2D eigenvalue weighted by atomic mass is 19.1. The van der Waals surface area contributed by atoms with Gasteiger partial charge in [0, 0.05) is 35.6 Å². The van der Waals surface area contributed by atoms with Crippen molar-refractivity contribution < 1.29 is 18.7 Å². The average molecular weight is 589 g/mol. The number of carbonyl (C=O) groups excluding carboxylic acids is 1. The zero-order chi connectivity index (χ0) is 31.4. The van der Waals surface area contributed by atoms with Gasteiger partial charge in [0.2, 0.25) is 0 Å². The van der Waals surface area contributed by atoms with Crippen LogP contribution in [-0.2, 0) is 27.1 Å². The van der Waals surface area contributed by atoms with Gasteiger partial charge < -0.3 is 14.4 Å². The lowest BCUT2D eigenvalue weighted by atomic mass is 9.81. The number of nitrogens with zero attached hydrogens (tertiary/aromatic N) is 2. The molecule has 0 aliphatic carbocycles. The SMILES string of the molecule is CCOC(=O)[C@@H](OC(C)(C)C)c1c(C)nc(C)c(-c2ccc(CCCc3ccc(F)cc3)cc2)c1N1CCC(C)(C)CC1. The fraction of sp³-hybridized carbons (Fsp3) is 0.514. The van der Waals surface area contributed by atoms with Gasteiger partial charge in [0.25, 0.3) is 0 Å². The third-order valence-electron chi connectivity index (χ3n) is 8.33. The molecule has 0 spiro atoms. The molecule has 0 amide bonds. The van der Waals surface area contributed by atoms with Gasteiger partial charge in [-0.05, 0) is 108 Å². The maximum Gasteiger partial charge on any atom is 0.340 e. The van der Waals surface area contributed by atoms with Gasteiger partial charge in [-0.15, -0.1) is 0 Å². The summed E-state index contributed by atoms with van der Waals surface area (Å²) in [6, 6.07) is 15.5. The van der Waals surface area contributed by atoms with Gasteiger partial charge in [-0.2, -0.15) is 0 Å². The topological polar surface area (TPSA) is 51.7 Å². The molecule has 2 heterocycles. The molecule has 3 aromatic rings. The number of hydrogen-bond donors (Lipinski definition) is 0. The van der Waals surface area contributed by atoms with E-state index in [1.807, 2.05) is 46.8 Å². The molecule has 2 aromatic carbocycles. The molecule has 1 saturated heterocycles. The van der Waals surface area contributed by atoms with E-state index in [-0.39, 0.29) is 23.8 Å². The molecule has 1 aromatic heterocycles. The molecule has 43 heavy (non-hydrogen) atoms. The third-order valence-corrected chi connectivity index (χ3v) is 8.33. The number of carbonyl (C=O) groups is 1. The smallest absolute Gasteiger partial charge is 0.340 e. The molecule has 0 saturated carbocycles. The summed E-state index contributed by atoms with van der Waals surface area (Å²) in [5.41, 5.74) is 7.79. The molecule has 0 N–H and O–H groups in total. The highest BCUT2D eigenvalue weighted by Crippen LogP contribution is 2.45. The number of hydrogen-bond acceptors (Lipinski definition) is 5. The summed E-state index contributed by atoms with van der Waals surface area (Å²) in [6.07, 6.45) is 4.06. The van der Waals surface area contributed by atoms with Crippen molar-refractivity contribution in [3.05, 3.63) is 82.4 Å². The van der Waals surface area contributed by atoms with E-state index in [0.717, 1.165) is 84.5 Å². The second kappa shape index (κ2) is 13.6. The van der Waals surface area contributed by atoms with Crippen LogP contribution in [0, 0.1) is 25.1 Å². The fourth-order valence-corrected chi connectivity index (χ4v) is 5.95. The largest absolute Gasteiger partial charge is 0.464 e. The number of rotatable bonds is 10. The number of aromatic nitrogens is 1. The number of ether oxygens (including phenoxy) is 2. The van der Waals surface area contributed by atoms with Crippen molar-refractivity contribution in [1.82, 2.24) is 4.98 Å². The first-order valence-corrected chi connectivity index (χ1v) is 15.7. The molecule has 1 aliphatic rings. The van der Waals surface area contributed by atoms with E-state index in [1.54, 1.807) is 0 Å². The molecule has 1 fully saturated rings. The summed E-state index contributed by atoms with van der Waals surface area (Å²) in [5.74, 6) is -0.582. The van der Waals surface area contributed by atoms with Crippen LogP contribution in [0.5, 0.6) is 0 Å². The lowest BCUT2D eigenvalue weighted by molar-refractivity contribution is -0.166. The minimum absolute atomic E-state index is 0.199. The van der Waals surface area contributed by atoms with Crippen LogP contribution >= 0.6 is 0 Å². The number of esters is 1. The van der Waals surface area contributed by atoms with Gasteiger partial charge in [0.1, 0.15) is 5.82 Å². The van der Waals surface area contributed by atoms with E-state index >= 15 is 0 Å². The van der Waals surface area contributed by atoms with E-state index in [0.29, 0.717) is 0 Å². The Bertz CT molecular complexity index is 1380. The van der Waals surface area contributed by atoms with Crippen LogP contribution in [0.15, 0.2) is 48.5 Å². The van der Waals surface area contributed by atoms with Gasteiger partial charge in [-0.3, -0.25) is 4.98 Å². The minimum Gasteiger partial charge on any atom is -0.464 e. The van der Waals surface area contributed by atoms with Crippen LogP contribution in [0.3, 0.4) is 0 Å². The number of piperidine rings is 1. The van der Waals surface area contributed by atoms with Crippen molar-refractivity contribution in [1.29, 1.82) is 0 Å². The first-order chi connectivity index (χ1) is 20.3. The van der Waals surface area contributed by atoms with Crippen LogP contribution < -0.4 is 4.90 Å². The van der Waals surface area contributed by atoms with E-state index in [9.17, 15) is 9.18 Å². The van der Waals surface area contributed by atoms with Crippen molar-refractivity contribution in [2.45, 2.75) is 99.2 Å². The summed E-state index contributed by atoms with van der Waals surface area (Å²) in [7, 11) is 0. The Morgan fingerprint density at radius 2 is 1.51 bits per heavy atom. The Balaban J connectivity index is 1.74. The van der Waals surface area contributed by atoms with Gasteiger partial charge >= 0.3 is 5.97 Å². The van der Waals surface area contributed by atoms with Crippen LogP contribution in [0.1, 0.15) is 95.0 Å². The van der Waals surface area contributed by atoms with Crippen molar-refractivity contribution in [3.8, 4) is 11.1 Å². The number of pyridine rings is 1. The average Bonchev–Trinajstić information content (AvgIpc) is 2.93. The summed E-state index contributed by atoms with van der Waals surface area (Å²) in [6.45, 7) is 18.5. The third kappa shape index (κ3) is 8.44. The quantitative estimate of drug-likeness (QED) is 0.222. The fourth-order valence-electron chi connectivity index (χ4n) is 5.95. The predicted octanol–water partition coefficient (Wildman–Crippen LogP) is 8.73. The molecular formula is C37H49FN2O3. The lowest BCUT2D eigenvalue weighted by Crippen LogP contribution is -2.39. The highest BCUT2D eigenvalue weighted by Gasteiger charge is 2.37. The zero-order valence-corrected chi connectivity index (χ0v) is 27.4. The molecule has 0 bridgehead atoms. The monoisotopic (exact) mass is 588 g/mol. The molecule has 232 valence electrons. The summed E-state index contributed by atoms with van der Waals surface area (Å²) in [4.78, 5) is 20.9. The normalized spacial score (nSPS) is 15.8. The first kappa shape index (κ1) is 32.7. The maximum absolute atomic E-state index is 13.5. The lowest BCUT2D eigenvalue weighted by Gasteiger charge is -2.41. The van der Waals surface area contributed by atoms with Crippen LogP contribution in [0.25, 0.3) is 11.1 Å². The highest BCUT2D eigenvalue weighted by molar-refractivity contribution is 5.88.